The topological polar surface area (TPSA) is 17.3 Å². The Labute approximate surface area is 406 Å². The molecule has 0 radical (unpaired) electrons. The predicted octanol–water partition coefficient (Wildman–Crippen LogP) is 17.0. The molecule has 338 valence electrons. The maximum absolute atomic E-state index is 5.60. The zero-order valence-electron chi connectivity index (χ0n) is 42.5. The normalized spacial score (nSPS) is 19.2. The molecule has 7 aromatic carbocycles. The Hall–Kier alpha value is -6.51. The summed E-state index contributed by atoms with van der Waals surface area (Å²) < 4.78 is 2.71. The fraction of sp³-hybridized carbons (Fsp3) is 0.299. The van der Waals surface area contributed by atoms with Crippen molar-refractivity contribution in [1.29, 1.82) is 0 Å². The zero-order chi connectivity index (χ0) is 47.6. The molecule has 0 atom stereocenters. The van der Waals surface area contributed by atoms with Gasteiger partial charge in [-0.3, -0.25) is 4.98 Å². The minimum absolute atomic E-state index is 0.00789. The fourth-order valence-electron chi connectivity index (χ4n) is 15.6. The lowest BCUT2D eigenvalue weighted by molar-refractivity contribution is 0.278. The average molecular weight is 893 g/mol. The minimum atomic E-state index is -0.445. The lowest BCUT2D eigenvalue weighted by atomic mass is 9.46. The molecule has 1 spiro atoms. The van der Waals surface area contributed by atoms with E-state index in [-0.39, 0.29) is 32.5 Å². The summed E-state index contributed by atoms with van der Waals surface area (Å²) >= 11 is 0. The first-order valence-electron chi connectivity index (χ1n) is 25.6. The molecule has 10 aromatic rings. The molecule has 0 saturated carbocycles. The van der Waals surface area contributed by atoms with Gasteiger partial charge in [0.15, 0.2) is 0 Å². The van der Waals surface area contributed by atoms with Gasteiger partial charge >= 0.3 is 0 Å². The van der Waals surface area contributed by atoms with Crippen molar-refractivity contribution >= 4 is 38.1 Å². The van der Waals surface area contributed by atoms with E-state index in [0.29, 0.717) is 0 Å². The third-order valence-corrected chi connectivity index (χ3v) is 20.3. The highest BCUT2D eigenvalue weighted by molar-refractivity contribution is 6.33. The van der Waals surface area contributed by atoms with Crippen molar-refractivity contribution in [3.8, 4) is 44.5 Å². The fourth-order valence-corrected chi connectivity index (χ4v) is 15.6. The van der Waals surface area contributed by atoms with E-state index in [1.807, 2.05) is 0 Å². The smallest absolute Gasteiger partial charge is 0.0731 e. The van der Waals surface area contributed by atoms with Crippen molar-refractivity contribution in [2.45, 2.75) is 128 Å². The number of hydrogen-bond donors (Lipinski definition) is 0. The first kappa shape index (κ1) is 40.4. The first-order chi connectivity index (χ1) is 32.7. The number of fused-ring (bicyclic) bond motifs is 23. The second-order valence-electron chi connectivity index (χ2n) is 25.4. The van der Waals surface area contributed by atoms with E-state index in [2.05, 4.69) is 222 Å². The monoisotopic (exact) mass is 892 g/mol. The van der Waals surface area contributed by atoms with Crippen LogP contribution in [0, 0.1) is 0 Å². The van der Waals surface area contributed by atoms with Crippen LogP contribution < -0.4 is 0 Å². The highest BCUT2D eigenvalue weighted by Crippen LogP contribution is 2.70. The minimum Gasteiger partial charge on any atom is -0.306 e. The molecule has 2 nitrogen and oxygen atoms in total. The van der Waals surface area contributed by atoms with Gasteiger partial charge in [0.25, 0.3) is 0 Å². The number of benzene rings is 7. The molecule has 2 heteroatoms. The molecule has 0 amide bonds. The molecule has 69 heavy (non-hydrogen) atoms. The third kappa shape index (κ3) is 4.06. The number of nitrogens with zero attached hydrogens (tertiary/aromatic N) is 2. The standard InChI is InChI=1S/C67H60N2/c1-61(2,3)35-32-45-51-46(33-35)64(8,9)66(12,13)58-54(51)57(65(10,11)63(45,6)7)55-52-47(69-48-34-68-60-50(53(48)56(58)59(55)69)38-24-16-18-26-40(38)62(60,4)5)31-30-44-49(52)39-25-17-21-29-43(39)67(44)41-27-19-14-22-36(41)37-23-15-20-28-42(37)67/h14-34H,1-13H3. The Morgan fingerprint density at radius 1 is 0.406 bits per heavy atom. The second kappa shape index (κ2) is 11.7. The van der Waals surface area contributed by atoms with Gasteiger partial charge in [-0.25, -0.2) is 0 Å². The van der Waals surface area contributed by atoms with Crippen LogP contribution >= 0.6 is 0 Å². The Morgan fingerprint density at radius 2 is 0.870 bits per heavy atom. The molecule has 5 aliphatic carbocycles. The van der Waals surface area contributed by atoms with Gasteiger partial charge in [0.2, 0.25) is 0 Å². The Bertz CT molecular complexity index is 4010. The SMILES string of the molecule is CC(C)(C)c1cc2c3c(c1)C(C)(C)C(C)(C)c1c-3c(c3c4c5c(ccc4n4c6cnc7c(c6c1c34)-c1ccccc1C7(C)C)C1(c3ccccc3-c3ccccc31)c1ccccc1-5)C(C)(C)C2(C)C. The molecule has 3 heterocycles. The zero-order valence-corrected chi connectivity index (χ0v) is 42.5. The quantitative estimate of drug-likeness (QED) is 0.148. The summed E-state index contributed by atoms with van der Waals surface area (Å²) in [7, 11) is 0. The summed E-state index contributed by atoms with van der Waals surface area (Å²) in [5.74, 6) is 0. The van der Waals surface area contributed by atoms with Crippen molar-refractivity contribution in [2.24, 2.45) is 0 Å². The Kier molecular flexibility index (Phi) is 6.87. The van der Waals surface area contributed by atoms with Crippen LogP contribution in [0.15, 0.2) is 128 Å². The van der Waals surface area contributed by atoms with Crippen LogP contribution in [0.5, 0.6) is 0 Å². The third-order valence-electron chi connectivity index (χ3n) is 20.3. The van der Waals surface area contributed by atoms with E-state index in [4.69, 9.17) is 4.98 Å². The molecule has 15 rings (SSSR count). The highest BCUT2D eigenvalue weighted by atomic mass is 14.9. The van der Waals surface area contributed by atoms with Gasteiger partial charge in [0.05, 0.1) is 33.9 Å². The Morgan fingerprint density at radius 3 is 1.41 bits per heavy atom. The van der Waals surface area contributed by atoms with Gasteiger partial charge in [-0.1, -0.05) is 205 Å². The van der Waals surface area contributed by atoms with Gasteiger partial charge in [-0.05, 0) is 117 Å². The summed E-state index contributed by atoms with van der Waals surface area (Å²) in [6.45, 7) is 32.6. The maximum Gasteiger partial charge on any atom is 0.0731 e. The van der Waals surface area contributed by atoms with Crippen molar-refractivity contribution in [1.82, 2.24) is 9.38 Å². The molecule has 0 fully saturated rings. The molecule has 0 unspecified atom stereocenters. The molecular formula is C67H60N2. The van der Waals surface area contributed by atoms with Crippen LogP contribution in [0.1, 0.15) is 151 Å². The van der Waals surface area contributed by atoms with Crippen LogP contribution in [-0.4, -0.2) is 9.38 Å². The lowest BCUT2D eigenvalue weighted by Crippen LogP contribution is -2.50. The summed E-state index contributed by atoms with van der Waals surface area (Å²) in [6, 6.07) is 47.4. The number of pyridine rings is 1. The number of aromatic nitrogens is 2. The highest BCUT2D eigenvalue weighted by Gasteiger charge is 2.58. The molecular weight excluding hydrogens is 833 g/mol. The largest absolute Gasteiger partial charge is 0.306 e. The van der Waals surface area contributed by atoms with Gasteiger partial charge < -0.3 is 4.40 Å². The molecule has 0 bridgehead atoms. The van der Waals surface area contributed by atoms with Crippen LogP contribution in [0.4, 0.5) is 0 Å². The van der Waals surface area contributed by atoms with E-state index in [9.17, 15) is 0 Å². The van der Waals surface area contributed by atoms with E-state index >= 15 is 0 Å². The van der Waals surface area contributed by atoms with Crippen LogP contribution in [-0.2, 0) is 37.9 Å². The molecule has 3 aromatic heterocycles. The molecule has 0 N–H and O–H groups in total. The summed E-state index contributed by atoms with van der Waals surface area (Å²) in [5, 5.41) is 5.62. The van der Waals surface area contributed by atoms with Gasteiger partial charge in [0.1, 0.15) is 0 Å². The summed E-state index contributed by atoms with van der Waals surface area (Å²) in [5.41, 5.74) is 28.9. The summed E-state index contributed by atoms with van der Waals surface area (Å²) in [4.78, 5) is 5.60. The molecule has 5 aliphatic rings. The van der Waals surface area contributed by atoms with Crippen molar-refractivity contribution in [3.63, 3.8) is 0 Å². The molecule has 0 saturated heterocycles. The van der Waals surface area contributed by atoms with Gasteiger partial charge in [-0.2, -0.15) is 0 Å². The van der Waals surface area contributed by atoms with Crippen LogP contribution in [0.3, 0.4) is 0 Å². The Balaban J connectivity index is 1.25. The van der Waals surface area contributed by atoms with Crippen LogP contribution in [0.25, 0.3) is 82.6 Å². The lowest BCUT2D eigenvalue weighted by Gasteiger charge is -2.57. The summed E-state index contributed by atoms with van der Waals surface area (Å²) in [6.07, 6.45) is 2.27. The van der Waals surface area contributed by atoms with Crippen molar-refractivity contribution in [2.75, 3.05) is 0 Å². The van der Waals surface area contributed by atoms with Crippen molar-refractivity contribution < 1.29 is 0 Å². The second-order valence-corrected chi connectivity index (χ2v) is 25.4. The number of hydrogen-bond acceptors (Lipinski definition) is 1. The van der Waals surface area contributed by atoms with Crippen LogP contribution in [0.2, 0.25) is 0 Å². The van der Waals surface area contributed by atoms with Crippen molar-refractivity contribution in [3.05, 3.63) is 189 Å². The maximum atomic E-state index is 5.60. The average Bonchev–Trinajstić information content (AvgIpc) is 4.07. The first-order valence-corrected chi connectivity index (χ1v) is 25.6. The number of rotatable bonds is 0. The van der Waals surface area contributed by atoms with E-state index in [1.54, 1.807) is 0 Å². The molecule has 0 aliphatic heterocycles. The van der Waals surface area contributed by atoms with E-state index < -0.39 is 5.41 Å². The van der Waals surface area contributed by atoms with Gasteiger partial charge in [0, 0.05) is 43.4 Å². The van der Waals surface area contributed by atoms with E-state index in [1.165, 1.54) is 144 Å². The van der Waals surface area contributed by atoms with E-state index in [0.717, 1.165) is 0 Å². The van der Waals surface area contributed by atoms with Gasteiger partial charge in [-0.15, -0.1) is 0 Å². The predicted molar refractivity (Wildman–Crippen MR) is 289 cm³/mol.